The number of amides is 1. The van der Waals surface area contributed by atoms with Crippen LogP contribution in [0.3, 0.4) is 0 Å². The van der Waals surface area contributed by atoms with Gasteiger partial charge in [0.25, 0.3) is 0 Å². The Bertz CT molecular complexity index is 287. The Balaban J connectivity index is 2.40. The molecule has 1 aliphatic rings. The molecule has 0 spiro atoms. The number of rotatable bonds is 7. The lowest BCUT2D eigenvalue weighted by Gasteiger charge is -2.38. The number of hydrogen-bond donors (Lipinski definition) is 1. The third-order valence-electron chi connectivity index (χ3n) is 4.88. The Hall–Kier alpha value is -0.570. The number of nitrogens with zero attached hydrogens (tertiary/aromatic N) is 1. The van der Waals surface area contributed by atoms with Crippen molar-refractivity contribution in [3.05, 3.63) is 0 Å². The Kier molecular flexibility index (Phi) is 7.57. The molecule has 0 bridgehead atoms. The van der Waals surface area contributed by atoms with E-state index in [9.17, 15) is 4.79 Å². The van der Waals surface area contributed by atoms with E-state index in [0.717, 1.165) is 37.4 Å². The number of hydrogen-bond acceptors (Lipinski definition) is 2. The van der Waals surface area contributed by atoms with Crippen LogP contribution in [0.15, 0.2) is 0 Å². The lowest BCUT2D eigenvalue weighted by Crippen LogP contribution is -2.44. The fraction of sp³-hybridized carbons (Fsp3) is 0.941. The van der Waals surface area contributed by atoms with Gasteiger partial charge in [0.2, 0.25) is 5.91 Å². The van der Waals surface area contributed by atoms with Crippen molar-refractivity contribution in [3.8, 4) is 0 Å². The summed E-state index contributed by atoms with van der Waals surface area (Å²) in [5, 5.41) is 3.67. The van der Waals surface area contributed by atoms with Gasteiger partial charge in [-0.15, -0.1) is 0 Å². The molecule has 1 N–H and O–H groups in total. The molecular weight excluding hydrogens is 248 g/mol. The Morgan fingerprint density at radius 2 is 1.90 bits per heavy atom. The summed E-state index contributed by atoms with van der Waals surface area (Å²) in [7, 11) is 0. The molecule has 0 aliphatic heterocycles. The second-order valence-electron chi connectivity index (χ2n) is 6.70. The summed E-state index contributed by atoms with van der Waals surface area (Å²) in [4.78, 5) is 13.9. The summed E-state index contributed by atoms with van der Waals surface area (Å²) >= 11 is 0. The van der Waals surface area contributed by atoms with Gasteiger partial charge in [0.1, 0.15) is 0 Å². The molecule has 3 unspecified atom stereocenters. The summed E-state index contributed by atoms with van der Waals surface area (Å²) in [6.07, 6.45) is 4.60. The summed E-state index contributed by atoms with van der Waals surface area (Å²) in [6.45, 7) is 13.6. The molecule has 0 aromatic rings. The molecule has 20 heavy (non-hydrogen) atoms. The Morgan fingerprint density at radius 1 is 1.25 bits per heavy atom. The molecule has 3 nitrogen and oxygen atoms in total. The molecule has 1 fully saturated rings. The van der Waals surface area contributed by atoms with Crippen molar-refractivity contribution >= 4 is 5.91 Å². The van der Waals surface area contributed by atoms with E-state index in [-0.39, 0.29) is 5.91 Å². The van der Waals surface area contributed by atoms with Crippen LogP contribution >= 0.6 is 0 Å². The third kappa shape index (κ3) is 5.08. The topological polar surface area (TPSA) is 32.3 Å². The largest absolute Gasteiger partial charge is 0.343 e. The number of nitrogens with one attached hydrogen (secondary N) is 1. The van der Waals surface area contributed by atoms with Crippen molar-refractivity contribution in [3.63, 3.8) is 0 Å². The normalized spacial score (nSPS) is 26.8. The zero-order valence-electron chi connectivity index (χ0n) is 14.1. The van der Waals surface area contributed by atoms with Crippen LogP contribution < -0.4 is 5.32 Å². The van der Waals surface area contributed by atoms with E-state index in [0.29, 0.717) is 12.5 Å². The fourth-order valence-corrected chi connectivity index (χ4v) is 3.54. The highest BCUT2D eigenvalue weighted by molar-refractivity contribution is 5.76. The predicted octanol–water partition coefficient (Wildman–Crippen LogP) is 3.30. The van der Waals surface area contributed by atoms with Crippen LogP contribution in [0.4, 0.5) is 0 Å². The third-order valence-corrected chi connectivity index (χ3v) is 4.88. The van der Waals surface area contributed by atoms with Gasteiger partial charge < -0.3 is 10.2 Å². The van der Waals surface area contributed by atoms with Crippen LogP contribution in [0.5, 0.6) is 0 Å². The minimum Gasteiger partial charge on any atom is -0.343 e. The monoisotopic (exact) mass is 282 g/mol. The molecule has 1 amide bonds. The van der Waals surface area contributed by atoms with Gasteiger partial charge in [0, 0.05) is 32.1 Å². The van der Waals surface area contributed by atoms with Crippen LogP contribution in [0.1, 0.15) is 60.3 Å². The van der Waals surface area contributed by atoms with Crippen molar-refractivity contribution in [1.29, 1.82) is 0 Å². The highest BCUT2D eigenvalue weighted by Gasteiger charge is 2.30. The average Bonchev–Trinajstić information content (AvgIpc) is 2.39. The minimum absolute atomic E-state index is 0.285. The molecule has 0 heterocycles. The minimum atomic E-state index is 0.285. The van der Waals surface area contributed by atoms with Gasteiger partial charge in [-0.05, 0) is 44.4 Å². The van der Waals surface area contributed by atoms with Crippen molar-refractivity contribution in [2.24, 2.45) is 17.8 Å². The van der Waals surface area contributed by atoms with E-state index >= 15 is 0 Å². The fourth-order valence-electron chi connectivity index (χ4n) is 3.54. The van der Waals surface area contributed by atoms with Crippen LogP contribution in [0.2, 0.25) is 0 Å². The first-order chi connectivity index (χ1) is 9.49. The second kappa shape index (κ2) is 8.66. The average molecular weight is 282 g/mol. The summed E-state index contributed by atoms with van der Waals surface area (Å²) in [6, 6.07) is 0.600. The number of carbonyl (C=O) groups is 1. The van der Waals surface area contributed by atoms with Gasteiger partial charge in [-0.1, -0.05) is 27.2 Å². The van der Waals surface area contributed by atoms with Crippen LogP contribution in [0.25, 0.3) is 0 Å². The summed E-state index contributed by atoms with van der Waals surface area (Å²) in [5.41, 5.74) is 0. The van der Waals surface area contributed by atoms with Crippen molar-refractivity contribution in [1.82, 2.24) is 10.2 Å². The lowest BCUT2D eigenvalue weighted by atomic mass is 9.74. The second-order valence-corrected chi connectivity index (χ2v) is 6.70. The van der Waals surface area contributed by atoms with Gasteiger partial charge in [-0.25, -0.2) is 0 Å². The smallest absolute Gasteiger partial charge is 0.223 e. The first-order valence-corrected chi connectivity index (χ1v) is 8.50. The molecule has 3 atom stereocenters. The number of carbonyl (C=O) groups excluding carboxylic acids is 1. The van der Waals surface area contributed by atoms with E-state index in [1.807, 2.05) is 18.7 Å². The van der Waals surface area contributed by atoms with Crippen LogP contribution in [-0.4, -0.2) is 36.5 Å². The van der Waals surface area contributed by atoms with Crippen LogP contribution in [0, 0.1) is 17.8 Å². The van der Waals surface area contributed by atoms with Crippen LogP contribution in [-0.2, 0) is 4.79 Å². The van der Waals surface area contributed by atoms with Gasteiger partial charge in [-0.3, -0.25) is 4.79 Å². The van der Waals surface area contributed by atoms with Crippen molar-refractivity contribution in [2.75, 3.05) is 19.6 Å². The van der Waals surface area contributed by atoms with E-state index in [1.54, 1.807) is 0 Å². The van der Waals surface area contributed by atoms with Gasteiger partial charge in [0.15, 0.2) is 0 Å². The van der Waals surface area contributed by atoms with Crippen molar-refractivity contribution < 1.29 is 4.79 Å². The molecule has 118 valence electrons. The molecule has 0 saturated heterocycles. The highest BCUT2D eigenvalue weighted by atomic mass is 16.2. The van der Waals surface area contributed by atoms with E-state index < -0.39 is 0 Å². The zero-order valence-corrected chi connectivity index (χ0v) is 14.1. The quantitative estimate of drug-likeness (QED) is 0.777. The maximum Gasteiger partial charge on any atom is 0.223 e. The highest BCUT2D eigenvalue weighted by Crippen LogP contribution is 2.33. The molecular formula is C17H34N2O. The zero-order chi connectivity index (χ0) is 15.1. The van der Waals surface area contributed by atoms with Gasteiger partial charge >= 0.3 is 0 Å². The Labute approximate surface area is 125 Å². The summed E-state index contributed by atoms with van der Waals surface area (Å²) < 4.78 is 0. The molecule has 0 radical (unpaired) electrons. The molecule has 0 aromatic heterocycles. The molecule has 1 rings (SSSR count). The first-order valence-electron chi connectivity index (χ1n) is 8.50. The molecule has 3 heteroatoms. The lowest BCUT2D eigenvalue weighted by molar-refractivity contribution is -0.130. The standard InChI is InChI=1S/C17H34N2O/c1-6-19(7-2)17(20)10-11-18-16-12-14(5)8-9-15(16)13(3)4/h13-16,18H,6-12H2,1-5H3. The first kappa shape index (κ1) is 17.5. The summed E-state index contributed by atoms with van der Waals surface area (Å²) in [5.74, 6) is 2.61. The maximum absolute atomic E-state index is 12.0. The maximum atomic E-state index is 12.0. The van der Waals surface area contributed by atoms with E-state index in [4.69, 9.17) is 0 Å². The molecule has 0 aromatic carbocycles. The van der Waals surface area contributed by atoms with E-state index in [2.05, 4.69) is 26.1 Å². The van der Waals surface area contributed by atoms with E-state index in [1.165, 1.54) is 19.3 Å². The molecule has 1 aliphatic carbocycles. The molecule has 1 saturated carbocycles. The van der Waals surface area contributed by atoms with Gasteiger partial charge in [0.05, 0.1) is 0 Å². The predicted molar refractivity (Wildman–Crippen MR) is 85.7 cm³/mol. The SMILES string of the molecule is CCN(CC)C(=O)CCNC1CC(C)CCC1C(C)C. The van der Waals surface area contributed by atoms with Gasteiger partial charge in [-0.2, -0.15) is 0 Å². The van der Waals surface area contributed by atoms with Crippen molar-refractivity contribution in [2.45, 2.75) is 66.3 Å². The Morgan fingerprint density at radius 3 is 2.45 bits per heavy atom.